The van der Waals surface area contributed by atoms with E-state index in [4.69, 9.17) is 0 Å². The van der Waals surface area contributed by atoms with Crippen LogP contribution in [0.1, 0.15) is 44.2 Å². The maximum Gasteiger partial charge on any atom is 0.331 e. The molecule has 2 N–H and O–H groups in total. The number of carbonyl (C=O) groups excluding carboxylic acids is 1. The summed E-state index contributed by atoms with van der Waals surface area (Å²) < 4.78 is 0. The van der Waals surface area contributed by atoms with Crippen molar-refractivity contribution < 1.29 is 14.7 Å². The number of amides is 2. The van der Waals surface area contributed by atoms with E-state index >= 15 is 0 Å². The molecule has 116 valence electrons. The predicted molar refractivity (Wildman–Crippen MR) is 82.6 cm³/mol. The Bertz CT molecular complexity index is 547. The molecule has 5 nitrogen and oxygen atoms in total. The van der Waals surface area contributed by atoms with Gasteiger partial charge in [0.05, 0.1) is 0 Å². The number of hydrogen-bond donors (Lipinski definition) is 2. The Kier molecular flexibility index (Phi) is 4.27. The zero-order valence-corrected chi connectivity index (χ0v) is 13.7. The normalized spacial score (nSPS) is 19.8. The third-order valence-corrected chi connectivity index (χ3v) is 5.10. The maximum atomic E-state index is 12.5. The number of carboxylic acids is 1. The van der Waals surface area contributed by atoms with Gasteiger partial charge in [0.2, 0.25) is 0 Å². The number of carboxylic acid groups (broad SMARTS) is 1. The first-order valence-corrected chi connectivity index (χ1v) is 7.96. The summed E-state index contributed by atoms with van der Waals surface area (Å²) in [7, 11) is 0. The lowest BCUT2D eigenvalue weighted by molar-refractivity contribution is -0.142. The van der Waals surface area contributed by atoms with Gasteiger partial charge in [-0.1, -0.05) is 20.8 Å². The second-order valence-corrected chi connectivity index (χ2v) is 7.52. The van der Waals surface area contributed by atoms with Crippen LogP contribution in [0.5, 0.6) is 0 Å². The van der Waals surface area contributed by atoms with Gasteiger partial charge in [-0.3, -0.25) is 0 Å². The van der Waals surface area contributed by atoms with Crippen LogP contribution in [0, 0.1) is 5.41 Å². The fourth-order valence-corrected chi connectivity index (χ4v) is 3.19. The van der Waals surface area contributed by atoms with Crippen LogP contribution in [-0.2, 0) is 11.2 Å². The third kappa shape index (κ3) is 3.20. The maximum absolute atomic E-state index is 12.5. The molecule has 2 atom stereocenters. The van der Waals surface area contributed by atoms with Crippen LogP contribution in [0.3, 0.4) is 0 Å². The molecule has 0 saturated carbocycles. The van der Waals surface area contributed by atoms with Gasteiger partial charge in [-0.05, 0) is 35.8 Å². The minimum absolute atomic E-state index is 0.0386. The van der Waals surface area contributed by atoms with E-state index in [1.54, 1.807) is 11.3 Å². The Labute approximate surface area is 129 Å². The average molecular weight is 310 g/mol. The van der Waals surface area contributed by atoms with Crippen LogP contribution in [0.15, 0.2) is 11.4 Å². The summed E-state index contributed by atoms with van der Waals surface area (Å²) in [6.07, 6.45) is 0.716. The van der Waals surface area contributed by atoms with Crippen molar-refractivity contribution in [2.75, 3.05) is 6.54 Å². The second-order valence-electron chi connectivity index (χ2n) is 6.52. The molecule has 1 aromatic rings. The molecule has 0 aliphatic carbocycles. The lowest BCUT2D eigenvalue weighted by Crippen LogP contribution is -2.52. The molecule has 1 aliphatic heterocycles. The predicted octanol–water partition coefficient (Wildman–Crippen LogP) is 2.88. The van der Waals surface area contributed by atoms with Gasteiger partial charge in [-0.15, -0.1) is 11.3 Å². The number of aliphatic carboxylic acids is 1. The van der Waals surface area contributed by atoms with Crippen LogP contribution >= 0.6 is 11.3 Å². The van der Waals surface area contributed by atoms with Gasteiger partial charge in [0.1, 0.15) is 0 Å². The standard InChI is InChI=1S/C15H22N2O3S/c1-9(15(2,3)4)16-14(20)17-7-5-11-10(6-8-21-11)12(17)13(18)19/h6,8-9,12H,5,7H2,1-4H3,(H,16,20)(H,18,19). The van der Waals surface area contributed by atoms with E-state index in [0.29, 0.717) is 13.0 Å². The summed E-state index contributed by atoms with van der Waals surface area (Å²) in [6.45, 7) is 8.50. The first-order chi connectivity index (χ1) is 9.71. The molecule has 6 heteroatoms. The molecular formula is C15H22N2O3S. The van der Waals surface area contributed by atoms with Crippen LogP contribution < -0.4 is 5.32 Å². The molecule has 0 saturated heterocycles. The highest BCUT2D eigenvalue weighted by Crippen LogP contribution is 2.33. The second kappa shape index (κ2) is 5.67. The zero-order chi connectivity index (χ0) is 15.8. The minimum atomic E-state index is -0.979. The lowest BCUT2D eigenvalue weighted by Gasteiger charge is -2.36. The number of rotatable bonds is 2. The number of nitrogens with zero attached hydrogens (tertiary/aromatic N) is 1. The van der Waals surface area contributed by atoms with Crippen molar-refractivity contribution >= 4 is 23.3 Å². The van der Waals surface area contributed by atoms with Crippen LogP contribution in [0.25, 0.3) is 0 Å². The molecule has 1 aromatic heterocycles. The van der Waals surface area contributed by atoms with E-state index in [1.165, 1.54) is 4.90 Å². The quantitative estimate of drug-likeness (QED) is 0.882. The number of hydrogen-bond acceptors (Lipinski definition) is 3. The smallest absolute Gasteiger partial charge is 0.331 e. The summed E-state index contributed by atoms with van der Waals surface area (Å²) in [5.41, 5.74) is 0.676. The number of urea groups is 1. The van der Waals surface area contributed by atoms with E-state index < -0.39 is 12.0 Å². The average Bonchev–Trinajstić information content (AvgIpc) is 2.83. The Balaban J connectivity index is 2.19. The first kappa shape index (κ1) is 15.8. The van der Waals surface area contributed by atoms with Gasteiger partial charge in [0.25, 0.3) is 0 Å². The van der Waals surface area contributed by atoms with E-state index in [-0.39, 0.29) is 17.5 Å². The van der Waals surface area contributed by atoms with Crippen molar-refractivity contribution in [2.24, 2.45) is 5.41 Å². The van der Waals surface area contributed by atoms with E-state index in [2.05, 4.69) is 5.32 Å². The molecule has 0 radical (unpaired) electrons. The summed E-state index contributed by atoms with van der Waals surface area (Å²) in [5.74, 6) is -0.979. The SMILES string of the molecule is CC(NC(=O)N1CCc2sccc2C1C(=O)O)C(C)(C)C. The Morgan fingerprint density at radius 2 is 2.14 bits per heavy atom. The highest BCUT2D eigenvalue weighted by atomic mass is 32.1. The summed E-state index contributed by atoms with van der Waals surface area (Å²) >= 11 is 1.56. The number of nitrogens with one attached hydrogen (secondary N) is 1. The molecule has 21 heavy (non-hydrogen) atoms. The van der Waals surface area contributed by atoms with Gasteiger partial charge in [-0.25, -0.2) is 9.59 Å². The molecule has 2 rings (SSSR count). The third-order valence-electron chi connectivity index (χ3n) is 4.10. The van der Waals surface area contributed by atoms with Crippen LogP contribution in [0.2, 0.25) is 0 Å². The van der Waals surface area contributed by atoms with Crippen molar-refractivity contribution in [3.05, 3.63) is 21.9 Å². The van der Waals surface area contributed by atoms with Crippen LogP contribution in [-0.4, -0.2) is 34.6 Å². The molecular weight excluding hydrogens is 288 g/mol. The zero-order valence-electron chi connectivity index (χ0n) is 12.8. The molecule has 1 aliphatic rings. The molecule has 2 heterocycles. The molecule has 0 spiro atoms. The number of carbonyl (C=O) groups is 2. The van der Waals surface area contributed by atoms with Crippen molar-refractivity contribution in [3.8, 4) is 0 Å². The molecule has 2 unspecified atom stereocenters. The topological polar surface area (TPSA) is 69.6 Å². The molecule has 0 aromatic carbocycles. The summed E-state index contributed by atoms with van der Waals surface area (Å²) in [4.78, 5) is 26.5. The van der Waals surface area contributed by atoms with Gasteiger partial charge >= 0.3 is 12.0 Å². The van der Waals surface area contributed by atoms with Gasteiger partial charge in [-0.2, -0.15) is 0 Å². The first-order valence-electron chi connectivity index (χ1n) is 7.08. The fourth-order valence-electron chi connectivity index (χ4n) is 2.29. The van der Waals surface area contributed by atoms with E-state index in [1.807, 2.05) is 39.1 Å². The van der Waals surface area contributed by atoms with Crippen molar-refractivity contribution in [2.45, 2.75) is 46.2 Å². The Hall–Kier alpha value is -1.56. The van der Waals surface area contributed by atoms with Crippen molar-refractivity contribution in [1.82, 2.24) is 10.2 Å². The highest BCUT2D eigenvalue weighted by Gasteiger charge is 2.37. The number of thiophene rings is 1. The Morgan fingerprint density at radius 3 is 2.71 bits per heavy atom. The van der Waals surface area contributed by atoms with Crippen molar-refractivity contribution in [3.63, 3.8) is 0 Å². The number of fused-ring (bicyclic) bond motifs is 1. The summed E-state index contributed by atoms with van der Waals surface area (Å²) in [6, 6.07) is 0.586. The monoisotopic (exact) mass is 310 g/mol. The highest BCUT2D eigenvalue weighted by molar-refractivity contribution is 7.10. The molecule has 2 amide bonds. The van der Waals surface area contributed by atoms with Gasteiger partial charge in [0.15, 0.2) is 6.04 Å². The van der Waals surface area contributed by atoms with E-state index in [9.17, 15) is 14.7 Å². The van der Waals surface area contributed by atoms with Gasteiger partial charge < -0.3 is 15.3 Å². The molecule has 0 fully saturated rings. The lowest BCUT2D eigenvalue weighted by atomic mass is 9.88. The largest absolute Gasteiger partial charge is 0.479 e. The summed E-state index contributed by atoms with van der Waals surface area (Å²) in [5, 5.41) is 14.3. The van der Waals surface area contributed by atoms with Gasteiger partial charge in [0, 0.05) is 17.5 Å². The Morgan fingerprint density at radius 1 is 1.48 bits per heavy atom. The minimum Gasteiger partial charge on any atom is -0.479 e. The fraction of sp³-hybridized carbons (Fsp3) is 0.600. The van der Waals surface area contributed by atoms with Crippen LogP contribution in [0.4, 0.5) is 4.79 Å². The van der Waals surface area contributed by atoms with Crippen molar-refractivity contribution in [1.29, 1.82) is 0 Å². The van der Waals surface area contributed by atoms with E-state index in [0.717, 1.165) is 10.4 Å². The molecule has 0 bridgehead atoms.